The second kappa shape index (κ2) is 6.21. The minimum atomic E-state index is -4.75. The molecule has 0 amide bonds. The van der Waals surface area contributed by atoms with Crippen molar-refractivity contribution in [2.45, 2.75) is 6.36 Å². The Bertz CT molecular complexity index is 617. The van der Waals surface area contributed by atoms with Crippen molar-refractivity contribution in [3.63, 3.8) is 0 Å². The van der Waals surface area contributed by atoms with Crippen LogP contribution in [0.4, 0.5) is 13.2 Å². The summed E-state index contributed by atoms with van der Waals surface area (Å²) in [5.74, 6) is 0.816. The standard InChI is InChI=1S/C13H9BrF3NO3/c1-19-9-3-5-12(18-7-9)20-8-2-4-11(10(14)6-8)21-13(15,16)17/h2-7H,1H3. The van der Waals surface area contributed by atoms with Gasteiger partial charge in [0.05, 0.1) is 17.8 Å². The molecule has 0 saturated heterocycles. The van der Waals surface area contributed by atoms with E-state index < -0.39 is 6.36 Å². The van der Waals surface area contributed by atoms with Crippen LogP contribution in [0.15, 0.2) is 41.0 Å². The van der Waals surface area contributed by atoms with Gasteiger partial charge in [-0.25, -0.2) is 4.98 Å². The molecule has 0 radical (unpaired) electrons. The summed E-state index contributed by atoms with van der Waals surface area (Å²) in [7, 11) is 1.51. The number of halogens is 4. The molecule has 1 aromatic heterocycles. The van der Waals surface area contributed by atoms with Gasteiger partial charge in [0.1, 0.15) is 17.2 Å². The van der Waals surface area contributed by atoms with Crippen LogP contribution in [0.5, 0.6) is 23.1 Å². The lowest BCUT2D eigenvalue weighted by Crippen LogP contribution is -2.17. The molecule has 0 unspecified atom stereocenters. The molecule has 1 aromatic carbocycles. The summed E-state index contributed by atoms with van der Waals surface area (Å²) >= 11 is 2.99. The molecular weight excluding hydrogens is 355 g/mol. The van der Waals surface area contributed by atoms with Gasteiger partial charge in [-0.15, -0.1) is 13.2 Å². The first-order valence-corrected chi connectivity index (χ1v) is 6.40. The maximum atomic E-state index is 12.1. The van der Waals surface area contributed by atoms with Crippen molar-refractivity contribution in [1.29, 1.82) is 0 Å². The third-order valence-corrected chi connectivity index (χ3v) is 2.92. The number of alkyl halides is 3. The van der Waals surface area contributed by atoms with Crippen LogP contribution in [-0.4, -0.2) is 18.5 Å². The molecule has 21 heavy (non-hydrogen) atoms. The molecule has 0 atom stereocenters. The number of hydrogen-bond acceptors (Lipinski definition) is 4. The molecule has 0 spiro atoms. The lowest BCUT2D eigenvalue weighted by molar-refractivity contribution is -0.274. The summed E-state index contributed by atoms with van der Waals surface area (Å²) in [6.45, 7) is 0. The van der Waals surface area contributed by atoms with Crippen LogP contribution in [0.25, 0.3) is 0 Å². The van der Waals surface area contributed by atoms with Gasteiger partial charge in [-0.2, -0.15) is 0 Å². The second-order valence-electron chi connectivity index (χ2n) is 3.78. The minimum absolute atomic E-state index is 0.117. The SMILES string of the molecule is COc1ccc(Oc2ccc(OC(F)(F)F)c(Br)c2)nc1. The molecule has 0 saturated carbocycles. The largest absolute Gasteiger partial charge is 0.573 e. The van der Waals surface area contributed by atoms with Gasteiger partial charge < -0.3 is 14.2 Å². The van der Waals surface area contributed by atoms with E-state index in [1.54, 1.807) is 12.1 Å². The van der Waals surface area contributed by atoms with Crippen molar-refractivity contribution in [2.75, 3.05) is 7.11 Å². The summed E-state index contributed by atoms with van der Waals surface area (Å²) < 4.78 is 50.7. The summed E-state index contributed by atoms with van der Waals surface area (Å²) in [4.78, 5) is 3.98. The maximum Gasteiger partial charge on any atom is 0.573 e. The topological polar surface area (TPSA) is 40.6 Å². The molecule has 0 aliphatic heterocycles. The average molecular weight is 364 g/mol. The van der Waals surface area contributed by atoms with Gasteiger partial charge in [-0.3, -0.25) is 0 Å². The molecule has 8 heteroatoms. The molecule has 0 N–H and O–H groups in total. The molecular formula is C13H9BrF3NO3. The summed E-state index contributed by atoms with van der Waals surface area (Å²) in [6, 6.07) is 7.08. The van der Waals surface area contributed by atoms with E-state index >= 15 is 0 Å². The Kier molecular flexibility index (Phi) is 4.56. The highest BCUT2D eigenvalue weighted by atomic mass is 79.9. The number of rotatable bonds is 4. The average Bonchev–Trinajstić information content (AvgIpc) is 2.41. The lowest BCUT2D eigenvalue weighted by atomic mass is 10.3. The van der Waals surface area contributed by atoms with Gasteiger partial charge in [0, 0.05) is 6.07 Å². The number of pyridine rings is 1. The van der Waals surface area contributed by atoms with Gasteiger partial charge in [-0.1, -0.05) is 0 Å². The van der Waals surface area contributed by atoms with Gasteiger partial charge in [0.15, 0.2) is 0 Å². The van der Waals surface area contributed by atoms with Gasteiger partial charge in [0.2, 0.25) is 5.88 Å². The molecule has 0 bridgehead atoms. The van der Waals surface area contributed by atoms with E-state index in [0.29, 0.717) is 11.5 Å². The molecule has 1 heterocycles. The molecule has 112 valence electrons. The molecule has 4 nitrogen and oxygen atoms in total. The Morgan fingerprint density at radius 1 is 1.10 bits per heavy atom. The first kappa shape index (κ1) is 15.4. The maximum absolute atomic E-state index is 12.1. The molecule has 2 rings (SSSR count). The van der Waals surface area contributed by atoms with E-state index in [9.17, 15) is 13.2 Å². The fourth-order valence-electron chi connectivity index (χ4n) is 1.42. The van der Waals surface area contributed by atoms with E-state index in [1.807, 2.05) is 0 Å². The number of methoxy groups -OCH3 is 1. The van der Waals surface area contributed by atoms with Crippen molar-refractivity contribution in [2.24, 2.45) is 0 Å². The van der Waals surface area contributed by atoms with E-state index in [1.165, 1.54) is 25.4 Å². The predicted molar refractivity (Wildman–Crippen MR) is 71.7 cm³/mol. The highest BCUT2D eigenvalue weighted by Crippen LogP contribution is 2.34. The zero-order chi connectivity index (χ0) is 15.5. The highest BCUT2D eigenvalue weighted by molar-refractivity contribution is 9.10. The van der Waals surface area contributed by atoms with Gasteiger partial charge in [-0.05, 0) is 40.2 Å². The fourth-order valence-corrected chi connectivity index (χ4v) is 1.86. The van der Waals surface area contributed by atoms with Crippen molar-refractivity contribution < 1.29 is 27.4 Å². The van der Waals surface area contributed by atoms with E-state index in [4.69, 9.17) is 9.47 Å². The number of hydrogen-bond donors (Lipinski definition) is 0. The van der Waals surface area contributed by atoms with Gasteiger partial charge in [0.25, 0.3) is 0 Å². The first-order valence-electron chi connectivity index (χ1n) is 5.60. The molecule has 2 aromatic rings. The number of nitrogens with zero attached hydrogens (tertiary/aromatic N) is 1. The zero-order valence-corrected chi connectivity index (χ0v) is 12.2. The Morgan fingerprint density at radius 3 is 2.33 bits per heavy atom. The van der Waals surface area contributed by atoms with E-state index in [-0.39, 0.29) is 16.1 Å². The van der Waals surface area contributed by atoms with Crippen LogP contribution in [0, 0.1) is 0 Å². The quantitative estimate of drug-likeness (QED) is 0.799. The Labute approximate surface area is 126 Å². The Hall–Kier alpha value is -1.96. The Morgan fingerprint density at radius 2 is 1.81 bits per heavy atom. The number of aromatic nitrogens is 1. The second-order valence-corrected chi connectivity index (χ2v) is 4.63. The highest BCUT2D eigenvalue weighted by Gasteiger charge is 2.32. The van der Waals surface area contributed by atoms with Crippen LogP contribution in [0.1, 0.15) is 0 Å². The summed E-state index contributed by atoms with van der Waals surface area (Å²) in [6.07, 6.45) is -3.28. The molecule has 0 aliphatic carbocycles. The predicted octanol–water partition coefficient (Wildman–Crippen LogP) is 4.54. The third kappa shape index (κ3) is 4.52. The van der Waals surface area contributed by atoms with Crippen LogP contribution >= 0.6 is 15.9 Å². The normalized spacial score (nSPS) is 11.1. The number of ether oxygens (including phenoxy) is 3. The van der Waals surface area contributed by atoms with E-state index in [0.717, 1.165) is 6.07 Å². The monoisotopic (exact) mass is 363 g/mol. The van der Waals surface area contributed by atoms with E-state index in [2.05, 4.69) is 25.7 Å². The summed E-state index contributed by atoms with van der Waals surface area (Å²) in [5.41, 5.74) is 0. The molecule has 0 fully saturated rings. The van der Waals surface area contributed by atoms with Crippen LogP contribution in [0.2, 0.25) is 0 Å². The smallest absolute Gasteiger partial charge is 0.495 e. The van der Waals surface area contributed by atoms with Crippen molar-refractivity contribution in [1.82, 2.24) is 4.98 Å². The zero-order valence-electron chi connectivity index (χ0n) is 10.6. The summed E-state index contributed by atoms with van der Waals surface area (Å²) in [5, 5.41) is 0. The first-order chi connectivity index (χ1) is 9.87. The van der Waals surface area contributed by atoms with Crippen molar-refractivity contribution in [3.05, 3.63) is 41.0 Å². The lowest BCUT2D eigenvalue weighted by Gasteiger charge is -2.11. The van der Waals surface area contributed by atoms with Gasteiger partial charge >= 0.3 is 6.36 Å². The van der Waals surface area contributed by atoms with Crippen LogP contribution in [0.3, 0.4) is 0 Å². The Balaban J connectivity index is 2.12. The molecule has 0 aliphatic rings. The van der Waals surface area contributed by atoms with Crippen LogP contribution < -0.4 is 14.2 Å². The minimum Gasteiger partial charge on any atom is -0.495 e. The number of benzene rings is 1. The van der Waals surface area contributed by atoms with Crippen LogP contribution in [-0.2, 0) is 0 Å². The van der Waals surface area contributed by atoms with Crippen molar-refractivity contribution >= 4 is 15.9 Å². The third-order valence-electron chi connectivity index (χ3n) is 2.30. The van der Waals surface area contributed by atoms with Crippen molar-refractivity contribution in [3.8, 4) is 23.1 Å². The fraction of sp³-hybridized carbons (Fsp3) is 0.154.